The van der Waals surface area contributed by atoms with Crippen LogP contribution in [0, 0.1) is 6.92 Å². The highest BCUT2D eigenvalue weighted by Crippen LogP contribution is 2.26. The molecule has 0 saturated carbocycles. The summed E-state index contributed by atoms with van der Waals surface area (Å²) in [5, 5.41) is 0. The molecule has 5 heteroatoms. The summed E-state index contributed by atoms with van der Waals surface area (Å²) in [6.07, 6.45) is 6.07. The van der Waals surface area contributed by atoms with Crippen molar-refractivity contribution in [2.75, 3.05) is 20.1 Å². The molecule has 1 saturated heterocycles. The van der Waals surface area contributed by atoms with Gasteiger partial charge in [-0.2, -0.15) is 0 Å². The minimum Gasteiger partial charge on any atom is -0.332 e. The standard InChI is InChI=1S/C15H21N5/c1-11-7-13(14-8-16-10-20(14)3)18-15(17-11)12-5-4-6-19(2)9-12/h7-8,10,12H,4-6,9H2,1-3H3. The zero-order chi connectivity index (χ0) is 14.1. The molecule has 0 aromatic carbocycles. The molecule has 3 heterocycles. The Morgan fingerprint density at radius 3 is 2.80 bits per heavy atom. The molecule has 1 fully saturated rings. The van der Waals surface area contributed by atoms with E-state index in [9.17, 15) is 0 Å². The Kier molecular flexibility index (Phi) is 3.53. The summed E-state index contributed by atoms with van der Waals surface area (Å²) in [6.45, 7) is 4.27. The van der Waals surface area contributed by atoms with Gasteiger partial charge in [-0.05, 0) is 39.4 Å². The predicted molar refractivity (Wildman–Crippen MR) is 78.4 cm³/mol. The van der Waals surface area contributed by atoms with Crippen LogP contribution in [0.4, 0.5) is 0 Å². The van der Waals surface area contributed by atoms with Crippen molar-refractivity contribution in [3.8, 4) is 11.4 Å². The van der Waals surface area contributed by atoms with E-state index in [4.69, 9.17) is 4.98 Å². The molecule has 0 N–H and O–H groups in total. The van der Waals surface area contributed by atoms with Crippen LogP contribution in [0.5, 0.6) is 0 Å². The summed E-state index contributed by atoms with van der Waals surface area (Å²) in [5.41, 5.74) is 3.04. The van der Waals surface area contributed by atoms with Crippen LogP contribution >= 0.6 is 0 Å². The summed E-state index contributed by atoms with van der Waals surface area (Å²) < 4.78 is 2.00. The lowest BCUT2D eigenvalue weighted by Crippen LogP contribution is -2.31. The third-order valence-corrected chi connectivity index (χ3v) is 3.94. The van der Waals surface area contributed by atoms with Gasteiger partial charge in [0, 0.05) is 25.2 Å². The fraction of sp³-hybridized carbons (Fsp3) is 0.533. The molecule has 2 aromatic heterocycles. The van der Waals surface area contributed by atoms with Crippen LogP contribution in [0.1, 0.15) is 30.3 Å². The lowest BCUT2D eigenvalue weighted by Gasteiger charge is -2.28. The van der Waals surface area contributed by atoms with E-state index >= 15 is 0 Å². The lowest BCUT2D eigenvalue weighted by molar-refractivity contribution is 0.246. The van der Waals surface area contributed by atoms with Gasteiger partial charge in [0.05, 0.1) is 23.9 Å². The van der Waals surface area contributed by atoms with E-state index in [0.717, 1.165) is 29.5 Å². The van der Waals surface area contributed by atoms with Crippen LogP contribution in [0.3, 0.4) is 0 Å². The molecule has 0 aliphatic carbocycles. The molecule has 5 nitrogen and oxygen atoms in total. The number of likely N-dealkylation sites (tertiary alicyclic amines) is 1. The maximum atomic E-state index is 4.80. The summed E-state index contributed by atoms with van der Waals surface area (Å²) in [6, 6.07) is 2.03. The van der Waals surface area contributed by atoms with Gasteiger partial charge in [0.1, 0.15) is 5.82 Å². The highest BCUT2D eigenvalue weighted by atomic mass is 15.1. The first-order valence-electron chi connectivity index (χ1n) is 7.14. The predicted octanol–water partition coefficient (Wildman–Crippen LogP) is 1.99. The molecule has 20 heavy (non-hydrogen) atoms. The summed E-state index contributed by atoms with van der Waals surface area (Å²) >= 11 is 0. The maximum absolute atomic E-state index is 4.80. The molecule has 1 unspecified atom stereocenters. The highest BCUT2D eigenvalue weighted by Gasteiger charge is 2.22. The molecule has 1 aliphatic rings. The number of aryl methyl sites for hydroxylation is 2. The zero-order valence-electron chi connectivity index (χ0n) is 12.4. The van der Waals surface area contributed by atoms with E-state index in [1.165, 1.54) is 19.4 Å². The topological polar surface area (TPSA) is 46.8 Å². The third kappa shape index (κ3) is 2.58. The molecule has 0 spiro atoms. The van der Waals surface area contributed by atoms with Gasteiger partial charge in [0.15, 0.2) is 0 Å². The molecule has 2 aromatic rings. The SMILES string of the molecule is Cc1cc(-c2cncn2C)nc(C2CCCN(C)C2)n1. The van der Waals surface area contributed by atoms with Crippen molar-refractivity contribution in [2.24, 2.45) is 7.05 Å². The second-order valence-electron chi connectivity index (χ2n) is 5.74. The number of aromatic nitrogens is 4. The lowest BCUT2D eigenvalue weighted by atomic mass is 9.97. The molecule has 1 atom stereocenters. The number of nitrogens with zero attached hydrogens (tertiary/aromatic N) is 5. The van der Waals surface area contributed by atoms with Gasteiger partial charge in [-0.15, -0.1) is 0 Å². The van der Waals surface area contributed by atoms with E-state index in [2.05, 4.69) is 21.9 Å². The van der Waals surface area contributed by atoms with Gasteiger partial charge < -0.3 is 9.47 Å². The molecular weight excluding hydrogens is 250 g/mol. The van der Waals surface area contributed by atoms with Crippen LogP contribution < -0.4 is 0 Å². The summed E-state index contributed by atoms with van der Waals surface area (Å²) in [4.78, 5) is 16.0. The van der Waals surface area contributed by atoms with Crippen LogP contribution in [0.2, 0.25) is 0 Å². The number of hydrogen-bond donors (Lipinski definition) is 0. The van der Waals surface area contributed by atoms with Gasteiger partial charge in [-0.3, -0.25) is 0 Å². The van der Waals surface area contributed by atoms with Crippen molar-refractivity contribution >= 4 is 0 Å². The van der Waals surface area contributed by atoms with Gasteiger partial charge >= 0.3 is 0 Å². The van der Waals surface area contributed by atoms with Crippen molar-refractivity contribution in [1.29, 1.82) is 0 Å². The van der Waals surface area contributed by atoms with Crippen molar-refractivity contribution in [2.45, 2.75) is 25.7 Å². The molecule has 0 radical (unpaired) electrons. The van der Waals surface area contributed by atoms with E-state index < -0.39 is 0 Å². The number of rotatable bonds is 2. The van der Waals surface area contributed by atoms with Crippen molar-refractivity contribution in [3.63, 3.8) is 0 Å². The fourth-order valence-electron chi connectivity index (χ4n) is 2.89. The van der Waals surface area contributed by atoms with Crippen LogP contribution in [-0.2, 0) is 7.05 Å². The summed E-state index contributed by atoms with van der Waals surface area (Å²) in [7, 11) is 4.16. The van der Waals surface area contributed by atoms with Gasteiger partial charge in [0.25, 0.3) is 0 Å². The van der Waals surface area contributed by atoms with Gasteiger partial charge in [-0.25, -0.2) is 15.0 Å². The average Bonchev–Trinajstić information content (AvgIpc) is 2.84. The van der Waals surface area contributed by atoms with Crippen LogP contribution in [0.25, 0.3) is 11.4 Å². The number of hydrogen-bond acceptors (Lipinski definition) is 4. The average molecular weight is 271 g/mol. The van der Waals surface area contributed by atoms with Gasteiger partial charge in [0.2, 0.25) is 0 Å². The Morgan fingerprint density at radius 1 is 1.25 bits per heavy atom. The molecule has 1 aliphatic heterocycles. The number of imidazole rings is 1. The molecule has 106 valence electrons. The Bertz CT molecular complexity index is 604. The first-order valence-corrected chi connectivity index (χ1v) is 7.14. The maximum Gasteiger partial charge on any atom is 0.133 e. The number of likely N-dealkylation sites (N-methyl/N-ethyl adjacent to an activating group) is 1. The van der Waals surface area contributed by atoms with E-state index in [1.54, 1.807) is 6.33 Å². The normalized spacial score (nSPS) is 20.2. The monoisotopic (exact) mass is 271 g/mol. The Morgan fingerprint density at radius 2 is 2.10 bits per heavy atom. The third-order valence-electron chi connectivity index (χ3n) is 3.94. The van der Waals surface area contributed by atoms with Crippen LogP contribution in [-0.4, -0.2) is 44.6 Å². The van der Waals surface area contributed by atoms with Crippen molar-refractivity contribution in [1.82, 2.24) is 24.4 Å². The largest absolute Gasteiger partial charge is 0.332 e. The first-order chi connectivity index (χ1) is 9.63. The van der Waals surface area contributed by atoms with Crippen molar-refractivity contribution in [3.05, 3.63) is 30.1 Å². The second-order valence-corrected chi connectivity index (χ2v) is 5.74. The fourth-order valence-corrected chi connectivity index (χ4v) is 2.89. The minimum absolute atomic E-state index is 0.445. The van der Waals surface area contributed by atoms with Crippen molar-refractivity contribution < 1.29 is 0 Å². The molecule has 3 rings (SSSR count). The molecule has 0 bridgehead atoms. The first kappa shape index (κ1) is 13.2. The second kappa shape index (κ2) is 5.32. The molecular formula is C15H21N5. The number of piperidine rings is 1. The van der Waals surface area contributed by atoms with E-state index in [1.807, 2.05) is 30.8 Å². The smallest absolute Gasteiger partial charge is 0.133 e. The zero-order valence-corrected chi connectivity index (χ0v) is 12.4. The highest BCUT2D eigenvalue weighted by molar-refractivity contribution is 5.54. The van der Waals surface area contributed by atoms with Gasteiger partial charge in [-0.1, -0.05) is 0 Å². The summed E-state index contributed by atoms with van der Waals surface area (Å²) in [5.74, 6) is 1.42. The van der Waals surface area contributed by atoms with E-state index in [-0.39, 0.29) is 0 Å². The molecule has 0 amide bonds. The minimum atomic E-state index is 0.445. The Balaban J connectivity index is 1.96. The van der Waals surface area contributed by atoms with Crippen LogP contribution in [0.15, 0.2) is 18.6 Å². The Hall–Kier alpha value is -1.75. The Labute approximate surface area is 119 Å². The van der Waals surface area contributed by atoms with E-state index in [0.29, 0.717) is 5.92 Å². The quantitative estimate of drug-likeness (QED) is 0.838.